The summed E-state index contributed by atoms with van der Waals surface area (Å²) in [5, 5.41) is 10.1. The standard InChI is InChI=1S/C22H27F3N6O4/c1-6-35-20(32)17-18(28-12-7-13(33-4)9-14(8-12)34-5)30-31-16(27-11-21(2,3)26)10-15(22(23,24)25)29-19(17)31/h7-10,27H,6,11,26H2,1-5H3,(H,28,30). The number of hydrogen-bond donors (Lipinski definition) is 3. The van der Waals surface area contributed by atoms with Crippen molar-refractivity contribution in [1.82, 2.24) is 14.6 Å². The van der Waals surface area contributed by atoms with Crippen molar-refractivity contribution in [3.05, 3.63) is 35.5 Å². The summed E-state index contributed by atoms with van der Waals surface area (Å²) in [6.07, 6.45) is -4.78. The molecular formula is C22H27F3N6O4. The number of carbonyl (C=O) groups excluding carboxylic acids is 1. The van der Waals surface area contributed by atoms with Crippen LogP contribution in [-0.2, 0) is 10.9 Å². The number of halogens is 3. The van der Waals surface area contributed by atoms with Crippen LogP contribution in [0.3, 0.4) is 0 Å². The molecule has 0 aliphatic rings. The topological polar surface area (TPSA) is 125 Å². The van der Waals surface area contributed by atoms with E-state index in [0.29, 0.717) is 17.2 Å². The Bertz CT molecular complexity index is 1200. The van der Waals surface area contributed by atoms with Gasteiger partial charge in [0.1, 0.15) is 22.9 Å². The molecule has 0 bridgehead atoms. The first-order valence-electron chi connectivity index (χ1n) is 10.6. The second kappa shape index (κ2) is 9.86. The molecule has 0 amide bonds. The van der Waals surface area contributed by atoms with Gasteiger partial charge in [0.15, 0.2) is 17.2 Å². The third-order valence-electron chi connectivity index (χ3n) is 4.70. The van der Waals surface area contributed by atoms with Crippen LogP contribution in [0.2, 0.25) is 0 Å². The zero-order valence-electron chi connectivity index (χ0n) is 19.9. The van der Waals surface area contributed by atoms with E-state index in [1.54, 1.807) is 39.0 Å². The van der Waals surface area contributed by atoms with Gasteiger partial charge < -0.3 is 30.6 Å². The predicted octanol–water partition coefficient (Wildman–Crippen LogP) is 3.83. The van der Waals surface area contributed by atoms with Crippen molar-refractivity contribution in [1.29, 1.82) is 0 Å². The number of esters is 1. The second-order valence-corrected chi connectivity index (χ2v) is 8.27. The number of carbonyl (C=O) groups is 1. The number of aromatic nitrogens is 3. The van der Waals surface area contributed by atoms with Gasteiger partial charge in [0, 0.05) is 42.0 Å². The highest BCUT2D eigenvalue weighted by molar-refractivity contribution is 6.02. The van der Waals surface area contributed by atoms with Crippen LogP contribution in [-0.4, -0.2) is 53.5 Å². The molecule has 2 aromatic heterocycles. The molecule has 0 unspecified atom stereocenters. The van der Waals surface area contributed by atoms with Gasteiger partial charge in [-0.05, 0) is 20.8 Å². The Kier molecular flexibility index (Phi) is 7.29. The van der Waals surface area contributed by atoms with Crippen LogP contribution in [0.15, 0.2) is 24.3 Å². The Morgan fingerprint density at radius 1 is 1.11 bits per heavy atom. The van der Waals surface area contributed by atoms with Gasteiger partial charge in [0.25, 0.3) is 0 Å². The van der Waals surface area contributed by atoms with E-state index >= 15 is 0 Å². The lowest BCUT2D eigenvalue weighted by Crippen LogP contribution is -2.40. The van der Waals surface area contributed by atoms with Gasteiger partial charge in [-0.25, -0.2) is 9.78 Å². The maximum absolute atomic E-state index is 13.7. The first-order valence-corrected chi connectivity index (χ1v) is 10.6. The van der Waals surface area contributed by atoms with Crippen molar-refractivity contribution in [2.24, 2.45) is 5.73 Å². The molecule has 0 atom stereocenters. The van der Waals surface area contributed by atoms with Crippen LogP contribution in [0.4, 0.5) is 30.5 Å². The van der Waals surface area contributed by atoms with Crippen molar-refractivity contribution >= 4 is 28.9 Å². The summed E-state index contributed by atoms with van der Waals surface area (Å²) in [4.78, 5) is 16.5. The van der Waals surface area contributed by atoms with Crippen LogP contribution in [0, 0.1) is 0 Å². The molecule has 0 aliphatic heterocycles. The van der Waals surface area contributed by atoms with E-state index in [-0.39, 0.29) is 36.0 Å². The van der Waals surface area contributed by atoms with Crippen LogP contribution in [0.25, 0.3) is 5.65 Å². The van der Waals surface area contributed by atoms with Gasteiger partial charge in [0.05, 0.1) is 20.8 Å². The second-order valence-electron chi connectivity index (χ2n) is 8.27. The quantitative estimate of drug-likeness (QED) is 0.379. The van der Waals surface area contributed by atoms with Crippen LogP contribution < -0.4 is 25.8 Å². The van der Waals surface area contributed by atoms with Crippen molar-refractivity contribution < 1.29 is 32.2 Å². The molecule has 0 spiro atoms. The molecule has 0 fully saturated rings. The summed E-state index contributed by atoms with van der Waals surface area (Å²) in [6, 6.07) is 5.65. The molecule has 13 heteroatoms. The van der Waals surface area contributed by atoms with E-state index < -0.39 is 23.4 Å². The maximum Gasteiger partial charge on any atom is 0.433 e. The molecular weight excluding hydrogens is 469 g/mol. The number of ether oxygens (including phenoxy) is 3. The fourth-order valence-electron chi connectivity index (χ4n) is 3.10. The average Bonchev–Trinajstić information content (AvgIpc) is 3.14. The van der Waals surface area contributed by atoms with Crippen molar-refractivity contribution in [2.75, 3.05) is 38.0 Å². The third kappa shape index (κ3) is 6.04. The lowest BCUT2D eigenvalue weighted by molar-refractivity contribution is -0.141. The molecule has 0 saturated carbocycles. The molecule has 3 rings (SSSR count). The highest BCUT2D eigenvalue weighted by Gasteiger charge is 2.36. The summed E-state index contributed by atoms with van der Waals surface area (Å²) < 4.78 is 57.7. The Morgan fingerprint density at radius 3 is 2.26 bits per heavy atom. The lowest BCUT2D eigenvalue weighted by atomic mass is 10.1. The number of nitrogens with two attached hydrogens (primary N) is 1. The number of methoxy groups -OCH3 is 2. The Labute approximate surface area is 199 Å². The number of rotatable bonds is 9. The smallest absolute Gasteiger partial charge is 0.433 e. The minimum atomic E-state index is -4.78. The van der Waals surface area contributed by atoms with E-state index in [2.05, 4.69) is 20.7 Å². The van der Waals surface area contributed by atoms with Gasteiger partial charge >= 0.3 is 12.1 Å². The van der Waals surface area contributed by atoms with Gasteiger partial charge in [0.2, 0.25) is 0 Å². The molecule has 1 aromatic carbocycles. The number of fused-ring (bicyclic) bond motifs is 1. The minimum absolute atomic E-state index is 0.00592. The summed E-state index contributed by atoms with van der Waals surface area (Å²) in [7, 11) is 2.93. The Morgan fingerprint density at radius 2 is 1.74 bits per heavy atom. The first-order chi connectivity index (χ1) is 16.4. The van der Waals surface area contributed by atoms with Gasteiger partial charge in [-0.3, -0.25) is 0 Å². The lowest BCUT2D eigenvalue weighted by Gasteiger charge is -2.20. The van der Waals surface area contributed by atoms with E-state index in [1.165, 1.54) is 14.2 Å². The summed E-state index contributed by atoms with van der Waals surface area (Å²) in [5.74, 6) is -0.128. The molecule has 190 valence electrons. The molecule has 0 aliphatic carbocycles. The van der Waals surface area contributed by atoms with Gasteiger partial charge in [-0.2, -0.15) is 17.7 Å². The number of nitrogens with one attached hydrogen (secondary N) is 2. The van der Waals surface area contributed by atoms with Crippen molar-refractivity contribution in [2.45, 2.75) is 32.5 Å². The van der Waals surface area contributed by atoms with E-state index in [0.717, 1.165) is 10.6 Å². The number of benzene rings is 1. The predicted molar refractivity (Wildman–Crippen MR) is 124 cm³/mol. The van der Waals surface area contributed by atoms with Gasteiger partial charge in [-0.1, -0.05) is 0 Å². The summed E-state index contributed by atoms with van der Waals surface area (Å²) in [6.45, 7) is 5.11. The normalized spacial score (nSPS) is 11.9. The maximum atomic E-state index is 13.7. The molecule has 3 aromatic rings. The summed E-state index contributed by atoms with van der Waals surface area (Å²) in [5.41, 5.74) is 3.84. The minimum Gasteiger partial charge on any atom is -0.497 e. The Hall–Kier alpha value is -3.74. The number of nitrogens with zero attached hydrogens (tertiary/aromatic N) is 3. The van der Waals surface area contributed by atoms with Crippen LogP contribution >= 0.6 is 0 Å². The molecule has 10 nitrogen and oxygen atoms in total. The molecule has 2 heterocycles. The van der Waals surface area contributed by atoms with E-state index in [9.17, 15) is 18.0 Å². The zero-order valence-corrected chi connectivity index (χ0v) is 19.9. The number of hydrogen-bond acceptors (Lipinski definition) is 9. The fraction of sp³-hybridized carbons (Fsp3) is 0.409. The highest BCUT2D eigenvalue weighted by atomic mass is 19.4. The zero-order chi connectivity index (χ0) is 26.0. The van der Waals surface area contributed by atoms with Crippen molar-refractivity contribution in [3.63, 3.8) is 0 Å². The van der Waals surface area contributed by atoms with Crippen molar-refractivity contribution in [3.8, 4) is 11.5 Å². The highest BCUT2D eigenvalue weighted by Crippen LogP contribution is 2.34. The largest absolute Gasteiger partial charge is 0.497 e. The average molecular weight is 496 g/mol. The molecule has 0 radical (unpaired) electrons. The molecule has 4 N–H and O–H groups in total. The third-order valence-corrected chi connectivity index (χ3v) is 4.70. The SMILES string of the molecule is CCOC(=O)c1c(Nc2cc(OC)cc(OC)c2)nn2c(NCC(C)(C)N)cc(C(F)(F)F)nc12. The fourth-order valence-corrected chi connectivity index (χ4v) is 3.10. The van der Waals surface area contributed by atoms with Crippen LogP contribution in [0.1, 0.15) is 36.8 Å². The Balaban J connectivity index is 2.24. The van der Waals surface area contributed by atoms with E-state index in [4.69, 9.17) is 19.9 Å². The first kappa shape index (κ1) is 25.9. The van der Waals surface area contributed by atoms with E-state index in [1.807, 2.05) is 0 Å². The molecule has 0 saturated heterocycles. The molecule has 35 heavy (non-hydrogen) atoms. The number of alkyl halides is 3. The monoisotopic (exact) mass is 496 g/mol. The summed E-state index contributed by atoms with van der Waals surface area (Å²) >= 11 is 0. The van der Waals surface area contributed by atoms with Gasteiger partial charge in [-0.15, -0.1) is 5.10 Å². The van der Waals surface area contributed by atoms with Crippen LogP contribution in [0.5, 0.6) is 11.5 Å². The number of anilines is 3.